The smallest absolute Gasteiger partial charge is 0.323 e. The lowest BCUT2D eigenvalue weighted by Gasteiger charge is -2.12. The van der Waals surface area contributed by atoms with Crippen molar-refractivity contribution in [3.05, 3.63) is 34.5 Å². The molecule has 3 rings (SSSR count). The molecule has 0 saturated heterocycles. The Bertz CT molecular complexity index is 949. The SMILES string of the molecule is CCOC(=O)C(C(=O)CSc1nnc(-c2ccco2)n1CC)c1nc(C)cs1. The largest absolute Gasteiger partial charge is 0.465 e. The van der Waals surface area contributed by atoms with Gasteiger partial charge in [0, 0.05) is 17.6 Å². The number of hydrogen-bond acceptors (Lipinski definition) is 9. The van der Waals surface area contributed by atoms with Gasteiger partial charge in [0.1, 0.15) is 5.01 Å². The van der Waals surface area contributed by atoms with Crippen LogP contribution in [0.4, 0.5) is 0 Å². The quantitative estimate of drug-likeness (QED) is 0.295. The minimum absolute atomic E-state index is 0.0540. The summed E-state index contributed by atoms with van der Waals surface area (Å²) in [5, 5.41) is 11.2. The van der Waals surface area contributed by atoms with Crippen molar-refractivity contribution >= 4 is 34.9 Å². The zero-order chi connectivity index (χ0) is 20.1. The number of carbonyl (C=O) groups excluding carboxylic acids is 2. The Hall–Kier alpha value is -2.46. The monoisotopic (exact) mass is 420 g/mol. The van der Waals surface area contributed by atoms with Crippen LogP contribution in [0, 0.1) is 6.92 Å². The second-order valence-electron chi connectivity index (χ2n) is 5.79. The number of rotatable bonds is 9. The van der Waals surface area contributed by atoms with Crippen molar-refractivity contribution in [1.82, 2.24) is 19.7 Å². The number of ether oxygens (including phenoxy) is 1. The fourth-order valence-corrected chi connectivity index (χ4v) is 4.40. The predicted octanol–water partition coefficient (Wildman–Crippen LogP) is 3.33. The molecule has 3 heterocycles. The number of nitrogens with zero attached hydrogens (tertiary/aromatic N) is 4. The topological polar surface area (TPSA) is 100 Å². The van der Waals surface area contributed by atoms with Crippen LogP contribution in [0.2, 0.25) is 0 Å². The molecule has 28 heavy (non-hydrogen) atoms. The molecule has 0 aliphatic heterocycles. The van der Waals surface area contributed by atoms with Crippen LogP contribution in [-0.2, 0) is 20.9 Å². The highest BCUT2D eigenvalue weighted by atomic mass is 32.2. The predicted molar refractivity (Wildman–Crippen MR) is 105 cm³/mol. The van der Waals surface area contributed by atoms with Crippen molar-refractivity contribution < 1.29 is 18.7 Å². The van der Waals surface area contributed by atoms with E-state index in [9.17, 15) is 9.59 Å². The molecule has 0 aliphatic rings. The standard InChI is InChI=1S/C18H20N4O4S2/c1-4-22-15(13-7-6-8-26-13)20-21-18(22)28-10-12(23)14(17(24)25-5-2)16-19-11(3)9-27-16/h6-9,14H,4-5,10H2,1-3H3. The van der Waals surface area contributed by atoms with Gasteiger partial charge in [-0.2, -0.15) is 0 Å². The van der Waals surface area contributed by atoms with E-state index in [1.807, 2.05) is 23.8 Å². The van der Waals surface area contributed by atoms with E-state index in [-0.39, 0.29) is 18.1 Å². The zero-order valence-corrected chi connectivity index (χ0v) is 17.4. The number of thiazole rings is 1. The van der Waals surface area contributed by atoms with Gasteiger partial charge in [-0.15, -0.1) is 21.5 Å². The molecule has 0 aromatic carbocycles. The van der Waals surface area contributed by atoms with E-state index in [0.717, 1.165) is 5.69 Å². The van der Waals surface area contributed by atoms with Gasteiger partial charge in [-0.1, -0.05) is 11.8 Å². The molecule has 0 spiro atoms. The summed E-state index contributed by atoms with van der Waals surface area (Å²) < 4.78 is 12.3. The number of esters is 1. The molecule has 0 aliphatic carbocycles. The number of aromatic nitrogens is 4. The van der Waals surface area contributed by atoms with E-state index in [1.165, 1.54) is 23.1 Å². The first kappa shape index (κ1) is 20.3. The number of aryl methyl sites for hydroxylation is 1. The van der Waals surface area contributed by atoms with Crippen molar-refractivity contribution in [2.45, 2.75) is 38.4 Å². The van der Waals surface area contributed by atoms with Crippen molar-refractivity contribution in [3.63, 3.8) is 0 Å². The van der Waals surface area contributed by atoms with Crippen LogP contribution in [0.5, 0.6) is 0 Å². The lowest BCUT2D eigenvalue weighted by atomic mass is 10.1. The normalized spacial score (nSPS) is 12.1. The van der Waals surface area contributed by atoms with E-state index >= 15 is 0 Å². The molecule has 0 saturated carbocycles. The van der Waals surface area contributed by atoms with Gasteiger partial charge >= 0.3 is 5.97 Å². The third-order valence-corrected chi connectivity index (χ3v) is 5.86. The van der Waals surface area contributed by atoms with Crippen molar-refractivity contribution in [3.8, 4) is 11.6 Å². The van der Waals surface area contributed by atoms with E-state index in [2.05, 4.69) is 15.2 Å². The molecule has 1 unspecified atom stereocenters. The zero-order valence-electron chi connectivity index (χ0n) is 15.7. The third kappa shape index (κ3) is 4.33. The van der Waals surface area contributed by atoms with Crippen LogP contribution in [0.3, 0.4) is 0 Å². The molecule has 0 bridgehead atoms. The van der Waals surface area contributed by atoms with Crippen LogP contribution in [-0.4, -0.2) is 43.9 Å². The van der Waals surface area contributed by atoms with Crippen molar-refractivity contribution in [2.75, 3.05) is 12.4 Å². The molecule has 3 aromatic rings. The summed E-state index contributed by atoms with van der Waals surface area (Å²) in [4.78, 5) is 29.5. The summed E-state index contributed by atoms with van der Waals surface area (Å²) in [7, 11) is 0. The van der Waals surface area contributed by atoms with Crippen LogP contribution >= 0.6 is 23.1 Å². The first-order chi connectivity index (χ1) is 13.5. The lowest BCUT2D eigenvalue weighted by Crippen LogP contribution is -2.25. The fraction of sp³-hybridized carbons (Fsp3) is 0.389. The first-order valence-electron chi connectivity index (χ1n) is 8.76. The fourth-order valence-electron chi connectivity index (χ4n) is 2.59. The maximum absolute atomic E-state index is 12.8. The van der Waals surface area contributed by atoms with Crippen LogP contribution < -0.4 is 0 Å². The second kappa shape index (κ2) is 9.16. The van der Waals surface area contributed by atoms with Gasteiger partial charge in [-0.05, 0) is 32.9 Å². The molecule has 148 valence electrons. The molecular weight excluding hydrogens is 400 g/mol. The summed E-state index contributed by atoms with van der Waals surface area (Å²) in [5.41, 5.74) is 0.767. The van der Waals surface area contributed by atoms with Crippen LogP contribution in [0.1, 0.15) is 30.5 Å². The summed E-state index contributed by atoms with van der Waals surface area (Å²) in [5.74, 6) is -0.610. The average Bonchev–Trinajstić information content (AvgIpc) is 3.40. The van der Waals surface area contributed by atoms with E-state index < -0.39 is 11.9 Å². The number of carbonyl (C=O) groups is 2. The van der Waals surface area contributed by atoms with Gasteiger partial charge in [0.2, 0.25) is 0 Å². The number of thioether (sulfide) groups is 1. The summed E-state index contributed by atoms with van der Waals surface area (Å²) in [6.07, 6.45) is 1.57. The Balaban J connectivity index is 1.77. The molecule has 0 fully saturated rings. The molecule has 8 nitrogen and oxygen atoms in total. The van der Waals surface area contributed by atoms with Gasteiger partial charge in [-0.3, -0.25) is 14.2 Å². The van der Waals surface area contributed by atoms with E-state index in [0.29, 0.717) is 28.3 Å². The first-order valence-corrected chi connectivity index (χ1v) is 10.6. The van der Waals surface area contributed by atoms with Crippen molar-refractivity contribution in [2.24, 2.45) is 0 Å². The van der Waals surface area contributed by atoms with Crippen LogP contribution in [0.25, 0.3) is 11.6 Å². The Morgan fingerprint density at radius 2 is 2.18 bits per heavy atom. The molecule has 0 amide bonds. The van der Waals surface area contributed by atoms with Gasteiger partial charge in [0.25, 0.3) is 0 Å². The Morgan fingerprint density at radius 3 is 2.79 bits per heavy atom. The van der Waals surface area contributed by atoms with Gasteiger partial charge in [0.05, 0.1) is 18.6 Å². The number of ketones is 1. The maximum atomic E-state index is 12.8. The Morgan fingerprint density at radius 1 is 1.36 bits per heavy atom. The highest BCUT2D eigenvalue weighted by Crippen LogP contribution is 2.28. The summed E-state index contributed by atoms with van der Waals surface area (Å²) in [6, 6.07) is 3.58. The summed E-state index contributed by atoms with van der Waals surface area (Å²) >= 11 is 2.51. The van der Waals surface area contributed by atoms with Gasteiger partial charge in [-0.25, -0.2) is 4.98 Å². The highest BCUT2D eigenvalue weighted by Gasteiger charge is 2.32. The minimum atomic E-state index is -1.02. The third-order valence-electron chi connectivity index (χ3n) is 3.85. The van der Waals surface area contributed by atoms with E-state index in [4.69, 9.17) is 9.15 Å². The molecule has 0 radical (unpaired) electrons. The number of Topliss-reactive ketones (excluding diaryl/α,β-unsaturated/α-hetero) is 1. The van der Waals surface area contributed by atoms with E-state index in [1.54, 1.807) is 25.3 Å². The molecule has 0 N–H and O–H groups in total. The average molecular weight is 421 g/mol. The highest BCUT2D eigenvalue weighted by molar-refractivity contribution is 7.99. The number of hydrogen-bond donors (Lipinski definition) is 0. The number of furan rings is 1. The second-order valence-corrected chi connectivity index (χ2v) is 7.63. The molecular formula is C18H20N4O4S2. The molecule has 10 heteroatoms. The lowest BCUT2D eigenvalue weighted by molar-refractivity contribution is -0.147. The maximum Gasteiger partial charge on any atom is 0.323 e. The van der Waals surface area contributed by atoms with Crippen molar-refractivity contribution in [1.29, 1.82) is 0 Å². The van der Waals surface area contributed by atoms with Crippen LogP contribution in [0.15, 0.2) is 33.3 Å². The molecule has 1 atom stereocenters. The van der Waals surface area contributed by atoms with Gasteiger partial charge < -0.3 is 9.15 Å². The molecule has 3 aromatic heterocycles. The minimum Gasteiger partial charge on any atom is -0.465 e. The summed E-state index contributed by atoms with van der Waals surface area (Å²) in [6.45, 7) is 6.31. The Kier molecular flexibility index (Phi) is 6.63. The Labute approximate surface area is 170 Å². The van der Waals surface area contributed by atoms with Gasteiger partial charge in [0.15, 0.2) is 28.4 Å².